The van der Waals surface area contributed by atoms with Crippen molar-refractivity contribution in [2.75, 3.05) is 13.2 Å². The number of hydrogen-bond donors (Lipinski definition) is 0. The van der Waals surface area contributed by atoms with Crippen LogP contribution in [0.2, 0.25) is 0 Å². The summed E-state index contributed by atoms with van der Waals surface area (Å²) in [4.78, 5) is 16.9. The molecule has 0 radical (unpaired) electrons. The summed E-state index contributed by atoms with van der Waals surface area (Å²) in [5, 5.41) is 5.58. The molecule has 0 amide bonds. The number of carbonyl (C=O) groups excluding carboxylic acids is 1. The lowest BCUT2D eigenvalue weighted by atomic mass is 10.1. The van der Waals surface area contributed by atoms with Crippen LogP contribution in [0.1, 0.15) is 36.7 Å². The molecule has 29 heavy (non-hydrogen) atoms. The first-order valence-electron chi connectivity index (χ1n) is 9.64. The van der Waals surface area contributed by atoms with E-state index in [-0.39, 0.29) is 5.78 Å². The van der Waals surface area contributed by atoms with Crippen LogP contribution in [0.4, 0.5) is 0 Å². The molecule has 0 saturated carbocycles. The highest BCUT2D eigenvalue weighted by atomic mass is 32.1. The number of hydrogen-bond acceptors (Lipinski definition) is 5. The van der Waals surface area contributed by atoms with Crippen LogP contribution in [0.5, 0.6) is 0 Å². The van der Waals surface area contributed by atoms with Crippen LogP contribution in [0.3, 0.4) is 0 Å². The lowest BCUT2D eigenvalue weighted by molar-refractivity contribution is 0.101. The summed E-state index contributed by atoms with van der Waals surface area (Å²) in [5.41, 5.74) is 4.88. The third-order valence-electron chi connectivity index (χ3n) is 4.34. The lowest BCUT2D eigenvalue weighted by Gasteiger charge is -1.98. The second-order valence-electron chi connectivity index (χ2n) is 6.54. The lowest BCUT2D eigenvalue weighted by Crippen LogP contribution is -1.90. The number of ketones is 1. The molecule has 0 aliphatic carbocycles. The molecule has 4 rings (SSSR count). The van der Waals surface area contributed by atoms with E-state index in [2.05, 4.69) is 41.3 Å². The molecular formula is C23H25N3O2S. The molecule has 0 unspecified atom stereocenters. The van der Waals surface area contributed by atoms with Crippen molar-refractivity contribution < 1.29 is 9.53 Å². The van der Waals surface area contributed by atoms with Crippen LogP contribution in [0.15, 0.2) is 54.7 Å². The Morgan fingerprint density at radius 1 is 1.00 bits per heavy atom. The van der Waals surface area contributed by atoms with Crippen LogP contribution in [0, 0.1) is 6.92 Å². The van der Waals surface area contributed by atoms with Gasteiger partial charge >= 0.3 is 0 Å². The van der Waals surface area contributed by atoms with E-state index in [1.54, 1.807) is 18.3 Å². The minimum atomic E-state index is 0.0665. The van der Waals surface area contributed by atoms with Gasteiger partial charge in [0.25, 0.3) is 0 Å². The highest BCUT2D eigenvalue weighted by Crippen LogP contribution is 2.28. The largest absolute Gasteiger partial charge is 0.382 e. The van der Waals surface area contributed by atoms with Gasteiger partial charge in [-0.3, -0.25) is 4.79 Å². The number of aromatic nitrogens is 3. The van der Waals surface area contributed by atoms with Crippen molar-refractivity contribution in [3.05, 3.63) is 65.9 Å². The zero-order valence-corrected chi connectivity index (χ0v) is 18.0. The monoisotopic (exact) mass is 407 g/mol. The van der Waals surface area contributed by atoms with Crippen molar-refractivity contribution in [2.24, 2.45) is 0 Å². The van der Waals surface area contributed by atoms with Gasteiger partial charge in [0.05, 0.1) is 11.9 Å². The van der Waals surface area contributed by atoms with E-state index < -0.39 is 0 Å². The molecule has 0 saturated heterocycles. The first kappa shape index (κ1) is 20.9. The van der Waals surface area contributed by atoms with Gasteiger partial charge in [-0.05, 0) is 27.7 Å². The fraction of sp³-hybridized carbons (Fsp3) is 0.261. The van der Waals surface area contributed by atoms with Gasteiger partial charge < -0.3 is 4.74 Å². The van der Waals surface area contributed by atoms with Crippen LogP contribution in [-0.2, 0) is 4.74 Å². The topological polar surface area (TPSA) is 56.5 Å². The van der Waals surface area contributed by atoms with Gasteiger partial charge in [-0.25, -0.2) is 9.50 Å². The second-order valence-corrected chi connectivity index (χ2v) is 7.50. The third-order valence-corrected chi connectivity index (χ3v) is 5.31. The van der Waals surface area contributed by atoms with Gasteiger partial charge in [0, 0.05) is 29.9 Å². The van der Waals surface area contributed by atoms with Crippen LogP contribution in [-0.4, -0.2) is 33.6 Å². The Labute approximate surface area is 175 Å². The Balaban J connectivity index is 0.000000431. The van der Waals surface area contributed by atoms with Gasteiger partial charge in [-0.2, -0.15) is 5.10 Å². The Morgan fingerprint density at radius 3 is 2.14 bits per heavy atom. The summed E-state index contributed by atoms with van der Waals surface area (Å²) in [5.74, 6) is 0.0665. The Kier molecular flexibility index (Phi) is 6.90. The Bertz CT molecular complexity index is 1050. The number of ether oxygens (including phenoxy) is 1. The van der Waals surface area contributed by atoms with E-state index in [4.69, 9.17) is 4.74 Å². The molecule has 2 heterocycles. The maximum atomic E-state index is 11.4. The Morgan fingerprint density at radius 2 is 1.62 bits per heavy atom. The molecule has 4 aromatic rings. The molecule has 0 aliphatic rings. The molecule has 0 spiro atoms. The summed E-state index contributed by atoms with van der Waals surface area (Å²) in [6, 6.07) is 15.8. The van der Waals surface area contributed by atoms with Gasteiger partial charge in [-0.15, -0.1) is 0 Å². The van der Waals surface area contributed by atoms with E-state index in [9.17, 15) is 4.79 Å². The van der Waals surface area contributed by atoms with Crippen molar-refractivity contribution in [2.45, 2.75) is 27.7 Å². The first-order valence-corrected chi connectivity index (χ1v) is 10.5. The number of rotatable bonds is 5. The van der Waals surface area contributed by atoms with Crippen LogP contribution >= 0.6 is 11.3 Å². The summed E-state index contributed by atoms with van der Waals surface area (Å²) in [7, 11) is 0. The normalized spacial score (nSPS) is 10.6. The molecular weight excluding hydrogens is 382 g/mol. The maximum Gasteiger partial charge on any atom is 0.213 e. The number of nitrogens with zero attached hydrogens (tertiary/aromatic N) is 3. The zero-order chi connectivity index (χ0) is 20.8. The minimum Gasteiger partial charge on any atom is -0.382 e. The van der Waals surface area contributed by atoms with Gasteiger partial charge in [-0.1, -0.05) is 65.4 Å². The predicted molar refractivity (Wildman–Crippen MR) is 119 cm³/mol. The van der Waals surface area contributed by atoms with Crippen molar-refractivity contribution in [1.29, 1.82) is 0 Å². The molecule has 150 valence electrons. The zero-order valence-electron chi connectivity index (χ0n) is 17.2. The molecule has 2 aromatic heterocycles. The van der Waals surface area contributed by atoms with Gasteiger partial charge in [0.1, 0.15) is 5.01 Å². The number of fused-ring (bicyclic) bond motifs is 1. The smallest absolute Gasteiger partial charge is 0.213 e. The maximum absolute atomic E-state index is 11.4. The number of benzene rings is 2. The summed E-state index contributed by atoms with van der Waals surface area (Å²) >= 11 is 1.57. The standard InChI is InChI=1S/C19H15N3OS.C4H10O/c1-12-3-5-16(6-4-12)18-21-22-11-17(20-19(22)24-18)15-9-7-14(8-10-15)13(2)23;1-3-5-4-2/h3-11H,1-2H3;3-4H2,1-2H3. The van der Waals surface area contributed by atoms with Crippen LogP contribution < -0.4 is 0 Å². The molecule has 5 nitrogen and oxygen atoms in total. The fourth-order valence-electron chi connectivity index (χ4n) is 2.73. The molecule has 2 aromatic carbocycles. The van der Waals surface area contributed by atoms with Crippen molar-refractivity contribution in [3.63, 3.8) is 0 Å². The van der Waals surface area contributed by atoms with Crippen molar-refractivity contribution >= 4 is 22.1 Å². The average Bonchev–Trinajstić information content (AvgIpc) is 3.29. The first-order chi connectivity index (χ1) is 14.0. The number of imidazole rings is 1. The third kappa shape index (κ3) is 5.16. The van der Waals surface area contributed by atoms with Gasteiger partial charge in [0.2, 0.25) is 4.96 Å². The Hall–Kier alpha value is -2.83. The summed E-state index contributed by atoms with van der Waals surface area (Å²) < 4.78 is 6.65. The minimum absolute atomic E-state index is 0.0665. The average molecular weight is 408 g/mol. The summed E-state index contributed by atoms with van der Waals surface area (Å²) in [6.45, 7) is 9.31. The van der Waals surface area contributed by atoms with E-state index in [0.29, 0.717) is 5.56 Å². The molecule has 0 bridgehead atoms. The molecule has 0 fully saturated rings. The second kappa shape index (κ2) is 9.58. The van der Waals surface area contributed by atoms with Crippen molar-refractivity contribution in [1.82, 2.24) is 14.6 Å². The SMILES string of the molecule is CC(=O)c1ccc(-c2cn3nc(-c4ccc(C)cc4)sc3n2)cc1.CCOCC. The van der Waals surface area contributed by atoms with E-state index >= 15 is 0 Å². The fourth-order valence-corrected chi connectivity index (χ4v) is 3.62. The van der Waals surface area contributed by atoms with E-state index in [1.165, 1.54) is 5.56 Å². The molecule has 0 atom stereocenters. The summed E-state index contributed by atoms with van der Waals surface area (Å²) in [6.07, 6.45) is 1.92. The number of Topliss-reactive ketones (excluding diaryl/α,β-unsaturated/α-hetero) is 1. The molecule has 6 heteroatoms. The van der Waals surface area contributed by atoms with Gasteiger partial charge in [0.15, 0.2) is 5.78 Å². The number of carbonyl (C=O) groups is 1. The van der Waals surface area contributed by atoms with E-state index in [0.717, 1.165) is 40.0 Å². The highest BCUT2D eigenvalue weighted by Gasteiger charge is 2.11. The number of aryl methyl sites for hydroxylation is 1. The predicted octanol–water partition coefficient (Wildman–Crippen LogP) is 5.68. The molecule has 0 N–H and O–H groups in total. The van der Waals surface area contributed by atoms with E-state index in [1.807, 2.05) is 48.8 Å². The molecule has 0 aliphatic heterocycles. The quantitative estimate of drug-likeness (QED) is 0.400. The van der Waals surface area contributed by atoms with Crippen LogP contribution in [0.25, 0.3) is 26.8 Å². The highest BCUT2D eigenvalue weighted by molar-refractivity contribution is 7.19. The van der Waals surface area contributed by atoms with Crippen molar-refractivity contribution in [3.8, 4) is 21.8 Å².